The second-order valence-corrected chi connectivity index (χ2v) is 6.00. The van der Waals surface area contributed by atoms with Gasteiger partial charge in [-0.2, -0.15) is 0 Å². The Labute approximate surface area is 122 Å². The fourth-order valence-corrected chi connectivity index (χ4v) is 2.99. The fourth-order valence-electron chi connectivity index (χ4n) is 2.99. The molecule has 0 amide bonds. The van der Waals surface area contributed by atoms with Crippen LogP contribution >= 0.6 is 0 Å². The molecule has 0 spiro atoms. The molecule has 0 aromatic heterocycles. The van der Waals surface area contributed by atoms with Crippen LogP contribution in [0.25, 0.3) is 0 Å². The summed E-state index contributed by atoms with van der Waals surface area (Å²) in [7, 11) is 0. The first-order valence-corrected chi connectivity index (χ1v) is 7.80. The predicted molar refractivity (Wildman–Crippen MR) is 81.9 cm³/mol. The third-order valence-electron chi connectivity index (χ3n) is 4.47. The van der Waals surface area contributed by atoms with Crippen LogP contribution in [0.4, 0.5) is 0 Å². The molecule has 3 nitrogen and oxygen atoms in total. The highest BCUT2D eigenvalue weighted by Gasteiger charge is 2.40. The Morgan fingerprint density at radius 1 is 1.30 bits per heavy atom. The monoisotopic (exact) mass is 277 g/mol. The van der Waals surface area contributed by atoms with Gasteiger partial charge in [0, 0.05) is 12.0 Å². The molecule has 0 radical (unpaired) electrons. The molecule has 0 aliphatic carbocycles. The molecule has 0 saturated heterocycles. The molecule has 3 heteroatoms. The van der Waals surface area contributed by atoms with E-state index >= 15 is 0 Å². The molecule has 2 unspecified atom stereocenters. The van der Waals surface area contributed by atoms with Gasteiger partial charge >= 0.3 is 0 Å². The minimum absolute atomic E-state index is 0.319. The van der Waals surface area contributed by atoms with Crippen LogP contribution < -0.4 is 10.5 Å². The fraction of sp³-hybridized carbons (Fsp3) is 0.647. The summed E-state index contributed by atoms with van der Waals surface area (Å²) in [6, 6.07) is 8.06. The molecule has 2 rings (SSSR count). The zero-order chi connectivity index (χ0) is 14.4. The number of nitrogens with two attached hydrogens (primary N) is 1. The highest BCUT2D eigenvalue weighted by atomic mass is 16.5. The summed E-state index contributed by atoms with van der Waals surface area (Å²) < 4.78 is 5.84. The van der Waals surface area contributed by atoms with Crippen LogP contribution in [-0.2, 0) is 6.42 Å². The van der Waals surface area contributed by atoms with Crippen molar-refractivity contribution in [2.24, 2.45) is 11.1 Å². The van der Waals surface area contributed by atoms with Gasteiger partial charge in [-0.1, -0.05) is 50.8 Å². The van der Waals surface area contributed by atoms with Crippen molar-refractivity contribution in [1.82, 2.24) is 0 Å². The molecule has 1 aromatic carbocycles. The first-order valence-electron chi connectivity index (χ1n) is 7.80. The number of aliphatic hydroxyl groups excluding tert-OH is 1. The van der Waals surface area contributed by atoms with Gasteiger partial charge in [0.2, 0.25) is 0 Å². The number of unbranched alkanes of at least 4 members (excludes halogenated alkanes) is 3. The highest BCUT2D eigenvalue weighted by molar-refractivity contribution is 5.36. The van der Waals surface area contributed by atoms with Gasteiger partial charge in [0.05, 0.1) is 12.7 Å². The van der Waals surface area contributed by atoms with Gasteiger partial charge in [-0.15, -0.1) is 0 Å². The molecule has 1 aliphatic rings. The molecule has 1 aromatic rings. The van der Waals surface area contributed by atoms with E-state index in [-0.39, 0.29) is 11.5 Å². The molecule has 3 N–H and O–H groups in total. The van der Waals surface area contributed by atoms with E-state index in [1.165, 1.54) is 19.3 Å². The van der Waals surface area contributed by atoms with E-state index in [4.69, 9.17) is 10.5 Å². The van der Waals surface area contributed by atoms with Crippen LogP contribution in [0.15, 0.2) is 24.3 Å². The van der Waals surface area contributed by atoms with Crippen molar-refractivity contribution in [2.75, 3.05) is 13.2 Å². The number of hydrogen-bond donors (Lipinski definition) is 2. The van der Waals surface area contributed by atoms with Gasteiger partial charge in [-0.05, 0) is 24.5 Å². The van der Waals surface area contributed by atoms with Crippen LogP contribution in [0.5, 0.6) is 5.75 Å². The Morgan fingerprint density at radius 2 is 2.10 bits per heavy atom. The lowest BCUT2D eigenvalue weighted by Crippen LogP contribution is -2.50. The largest absolute Gasteiger partial charge is 0.493 e. The second kappa shape index (κ2) is 7.09. The van der Waals surface area contributed by atoms with Crippen LogP contribution in [0.3, 0.4) is 0 Å². The average Bonchev–Trinajstić information content (AvgIpc) is 2.50. The van der Waals surface area contributed by atoms with Crippen LogP contribution in [0.2, 0.25) is 0 Å². The number of rotatable bonds is 7. The van der Waals surface area contributed by atoms with Gasteiger partial charge < -0.3 is 15.6 Å². The van der Waals surface area contributed by atoms with E-state index in [1.807, 2.05) is 18.2 Å². The Morgan fingerprint density at radius 3 is 2.85 bits per heavy atom. The Kier molecular flexibility index (Phi) is 5.44. The maximum Gasteiger partial charge on any atom is 0.122 e. The van der Waals surface area contributed by atoms with Crippen molar-refractivity contribution >= 4 is 0 Å². The third kappa shape index (κ3) is 3.33. The van der Waals surface area contributed by atoms with E-state index in [9.17, 15) is 5.11 Å². The maximum atomic E-state index is 10.6. The van der Waals surface area contributed by atoms with Gasteiger partial charge in [-0.25, -0.2) is 0 Å². The SMILES string of the molecule is CCCCCCC(O)C1(CN)COc2ccccc2C1. The number of fused-ring (bicyclic) bond motifs is 1. The summed E-state index contributed by atoms with van der Waals surface area (Å²) in [5.41, 5.74) is 6.83. The van der Waals surface area contributed by atoms with E-state index in [2.05, 4.69) is 13.0 Å². The Hall–Kier alpha value is -1.06. The summed E-state index contributed by atoms with van der Waals surface area (Å²) in [4.78, 5) is 0. The van der Waals surface area contributed by atoms with Gasteiger partial charge in [0.15, 0.2) is 0 Å². The summed E-state index contributed by atoms with van der Waals surface area (Å²) in [5.74, 6) is 0.940. The Bertz CT molecular complexity index is 421. The van der Waals surface area contributed by atoms with E-state index in [0.717, 1.165) is 30.6 Å². The second-order valence-electron chi connectivity index (χ2n) is 6.00. The highest BCUT2D eigenvalue weighted by Crippen LogP contribution is 2.37. The molecule has 2 atom stereocenters. The van der Waals surface area contributed by atoms with Crippen molar-refractivity contribution in [2.45, 2.75) is 51.6 Å². The van der Waals surface area contributed by atoms with Crippen LogP contribution in [0.1, 0.15) is 44.6 Å². The van der Waals surface area contributed by atoms with Gasteiger partial charge in [-0.3, -0.25) is 0 Å². The Balaban J connectivity index is 2.00. The van der Waals surface area contributed by atoms with Gasteiger partial charge in [0.1, 0.15) is 5.75 Å². The topological polar surface area (TPSA) is 55.5 Å². The molecule has 0 fully saturated rings. The molecular weight excluding hydrogens is 250 g/mol. The van der Waals surface area contributed by atoms with Gasteiger partial charge in [0.25, 0.3) is 0 Å². The zero-order valence-electron chi connectivity index (χ0n) is 12.5. The molecular formula is C17H27NO2. The van der Waals surface area contributed by atoms with E-state index in [0.29, 0.717) is 13.2 Å². The van der Waals surface area contributed by atoms with Crippen LogP contribution in [-0.4, -0.2) is 24.4 Å². The number of benzene rings is 1. The predicted octanol–water partition coefficient (Wildman–Crippen LogP) is 2.90. The lowest BCUT2D eigenvalue weighted by atomic mass is 9.74. The summed E-state index contributed by atoms with van der Waals surface area (Å²) in [5, 5.41) is 10.6. The van der Waals surface area contributed by atoms with Crippen molar-refractivity contribution in [1.29, 1.82) is 0 Å². The quantitative estimate of drug-likeness (QED) is 0.753. The standard InChI is InChI=1S/C17H27NO2/c1-2-3-4-5-10-16(19)17(12-18)11-14-8-6-7-9-15(14)20-13-17/h6-9,16,19H,2-5,10-13,18H2,1H3. The first-order chi connectivity index (χ1) is 9.72. The molecule has 112 valence electrons. The minimum atomic E-state index is -0.377. The molecule has 0 saturated carbocycles. The smallest absolute Gasteiger partial charge is 0.122 e. The summed E-state index contributed by atoms with van der Waals surface area (Å²) >= 11 is 0. The van der Waals surface area contributed by atoms with E-state index in [1.54, 1.807) is 0 Å². The number of ether oxygens (including phenoxy) is 1. The molecule has 1 aliphatic heterocycles. The lowest BCUT2D eigenvalue weighted by Gasteiger charge is -2.40. The first kappa shape index (κ1) is 15.3. The molecule has 20 heavy (non-hydrogen) atoms. The van der Waals surface area contributed by atoms with E-state index < -0.39 is 0 Å². The summed E-state index contributed by atoms with van der Waals surface area (Å²) in [6.45, 7) is 3.19. The van der Waals surface area contributed by atoms with Crippen molar-refractivity contribution in [3.05, 3.63) is 29.8 Å². The molecule has 1 heterocycles. The maximum absolute atomic E-state index is 10.6. The minimum Gasteiger partial charge on any atom is -0.493 e. The lowest BCUT2D eigenvalue weighted by molar-refractivity contribution is -0.0200. The third-order valence-corrected chi connectivity index (χ3v) is 4.47. The van der Waals surface area contributed by atoms with Crippen LogP contribution in [0, 0.1) is 5.41 Å². The van der Waals surface area contributed by atoms with Crippen molar-refractivity contribution in [3.8, 4) is 5.75 Å². The average molecular weight is 277 g/mol. The van der Waals surface area contributed by atoms with Crippen molar-refractivity contribution in [3.63, 3.8) is 0 Å². The summed E-state index contributed by atoms with van der Waals surface area (Å²) in [6.07, 6.45) is 5.97. The molecule has 0 bridgehead atoms. The number of aliphatic hydroxyl groups is 1. The normalized spacial score (nSPS) is 22.9. The van der Waals surface area contributed by atoms with Crippen molar-refractivity contribution < 1.29 is 9.84 Å². The number of para-hydroxylation sites is 1. The number of hydrogen-bond acceptors (Lipinski definition) is 3. The zero-order valence-corrected chi connectivity index (χ0v) is 12.5.